The number of hydrogen-bond acceptors (Lipinski definition) is 9. The lowest BCUT2D eigenvalue weighted by Crippen LogP contribution is -2.64. The van der Waals surface area contributed by atoms with Crippen LogP contribution in [0, 0.1) is 58.8 Å². The fourth-order valence-electron chi connectivity index (χ4n) is 6.05. The molecule has 0 fully saturated rings. The highest BCUT2D eigenvalue weighted by Gasteiger charge is 2.42. The minimum absolute atomic E-state index is 0.235. The van der Waals surface area contributed by atoms with Crippen molar-refractivity contribution in [3.05, 3.63) is 95.5 Å². The predicted molar refractivity (Wildman–Crippen MR) is 170 cm³/mol. The first-order valence-electron chi connectivity index (χ1n) is 14.6. The van der Waals surface area contributed by atoms with E-state index < -0.39 is 177 Å². The quantitative estimate of drug-likeness (QED) is 0.178. The molecule has 288 valence electrons. The maximum absolute atomic E-state index is 16.7. The molecule has 0 N–H and O–H groups in total. The van der Waals surface area contributed by atoms with E-state index in [0.29, 0.717) is 11.3 Å². The topological polar surface area (TPSA) is 110 Å². The van der Waals surface area contributed by atoms with E-state index in [2.05, 4.69) is 15.0 Å². The number of nitrogens with zero attached hydrogens (tertiary/aromatic N) is 6. The zero-order valence-corrected chi connectivity index (χ0v) is 29.0. The van der Waals surface area contributed by atoms with E-state index in [4.69, 9.17) is 0 Å². The molecule has 24 heteroatoms. The van der Waals surface area contributed by atoms with Crippen LogP contribution in [0.1, 0.15) is 29.7 Å². The van der Waals surface area contributed by atoms with E-state index in [1.54, 1.807) is 0 Å². The second-order valence-corrected chi connectivity index (χ2v) is 14.6. The number of alkyl halides is 6. The minimum Gasteiger partial charge on any atom is -0.207 e. The molecule has 4 aromatic rings. The fourth-order valence-corrected chi connectivity index (χ4v) is 8.47. The van der Waals surface area contributed by atoms with E-state index in [9.17, 15) is 55.3 Å². The van der Waals surface area contributed by atoms with Gasteiger partial charge in [-0.1, -0.05) is 0 Å². The molecule has 0 spiro atoms. The summed E-state index contributed by atoms with van der Waals surface area (Å²) >= 11 is -0.922. The molecule has 57 heavy (non-hydrogen) atoms. The van der Waals surface area contributed by atoms with Crippen molar-refractivity contribution in [2.45, 2.75) is 19.3 Å². The smallest absolute Gasteiger partial charge is 0.207 e. The van der Waals surface area contributed by atoms with E-state index in [0.717, 1.165) is 19.1 Å². The van der Waals surface area contributed by atoms with Crippen LogP contribution in [0.25, 0.3) is 51.7 Å². The van der Waals surface area contributed by atoms with Crippen LogP contribution in [-0.4, -0.2) is 15.0 Å². The summed E-state index contributed by atoms with van der Waals surface area (Å²) in [6.07, 6.45) is -10.9. The Labute approximate surface area is 314 Å². The van der Waals surface area contributed by atoms with Gasteiger partial charge in [0, 0.05) is 31.3 Å². The summed E-state index contributed by atoms with van der Waals surface area (Å²) in [6.45, 7) is 1.13. The third-order valence-electron chi connectivity index (χ3n) is 8.29. The number of benzene rings is 1. The van der Waals surface area contributed by atoms with E-state index in [1.165, 1.54) is 6.07 Å². The van der Waals surface area contributed by atoms with Crippen molar-refractivity contribution in [1.82, 2.24) is 15.0 Å². The zero-order chi connectivity index (χ0) is 42.0. The lowest BCUT2D eigenvalue weighted by atomic mass is 10.1. The fraction of sp³-hybridized carbons (Fsp3) is 0.0909. The Kier molecular flexibility index (Phi) is 8.95. The van der Waals surface area contributed by atoms with E-state index >= 15 is 26.3 Å². The first-order chi connectivity index (χ1) is 26.6. The van der Waals surface area contributed by atoms with Crippen LogP contribution in [0.2, 0.25) is 0 Å². The van der Waals surface area contributed by atoms with Gasteiger partial charge in [0.15, 0.2) is 9.75 Å². The maximum Gasteiger partial charge on any atom is 0.430 e. The van der Waals surface area contributed by atoms with Gasteiger partial charge in [0.25, 0.3) is 0 Å². The van der Waals surface area contributed by atoms with E-state index in [1.807, 2.05) is 0 Å². The molecule has 7 rings (SSSR count). The van der Waals surface area contributed by atoms with Crippen molar-refractivity contribution >= 4 is 85.7 Å². The van der Waals surface area contributed by atoms with Gasteiger partial charge in [0.05, 0.1) is 21.6 Å². The third-order valence-corrected chi connectivity index (χ3v) is 11.4. The average molecular weight is 865 g/mol. The molecule has 0 radical (unpaired) electrons. The number of allylic oxidation sites excluding steroid dienone is 6. The van der Waals surface area contributed by atoms with Crippen LogP contribution in [0.15, 0.2) is 16.7 Å². The highest BCUT2D eigenvalue weighted by atomic mass is 32.1. The monoisotopic (exact) mass is 864 g/mol. The summed E-state index contributed by atoms with van der Waals surface area (Å²) < 4.78 is 223. The molecule has 0 saturated carbocycles. The van der Waals surface area contributed by atoms with Gasteiger partial charge < -0.3 is 0 Å². The van der Waals surface area contributed by atoms with Crippen LogP contribution in [0.3, 0.4) is 0 Å². The standard InChI is InChI=1S/C33H3F15N6S3/c1-5-26(40)52-29(55-5)6(2-49)9-18(34)12-13(19(9)35)15-17(23(39)11(21(15)37)8(4-51)31-54-28(42)25(57-31)33(46,47)48)16-14(12)20(36)10(22(16)38)7(3-50)30-53-27(41)24(56-30)32(43,44)45/h1H3/b9-6-,10-7+,11-8-. The SMILES string of the molecule is Cc1sc(/C(C#N)=C2\C(F)=c3c4c(c5c(c3=C2F)=C(F)/C(=C(/C#N)c2nc(F)c(C(F)(F)F)s2)C=5F)=C(F)/C(=C(/C#N)c2nc(F)c(C(F)(F)F)s2)C=4F)nc1F. The lowest BCUT2D eigenvalue weighted by molar-refractivity contribution is -0.137. The lowest BCUT2D eigenvalue weighted by Gasteiger charge is -2.02. The van der Waals surface area contributed by atoms with Crippen molar-refractivity contribution in [1.29, 1.82) is 15.8 Å². The molecule has 3 aliphatic carbocycles. The van der Waals surface area contributed by atoms with Gasteiger partial charge in [-0.3, -0.25) is 0 Å². The minimum atomic E-state index is -5.46. The van der Waals surface area contributed by atoms with Crippen molar-refractivity contribution in [2.75, 3.05) is 0 Å². The number of rotatable bonds is 3. The first kappa shape index (κ1) is 39.2. The number of halogens is 15. The van der Waals surface area contributed by atoms with Crippen molar-refractivity contribution in [2.24, 2.45) is 0 Å². The summed E-state index contributed by atoms with van der Waals surface area (Å²) in [5.41, 5.74) is -9.29. The molecule has 0 saturated heterocycles. The number of aromatic nitrogens is 3. The van der Waals surface area contributed by atoms with Gasteiger partial charge >= 0.3 is 12.4 Å². The second-order valence-electron chi connectivity index (χ2n) is 11.4. The molecular formula is C33H3F15N6S3. The normalized spacial score (nSPS) is 17.8. The van der Waals surface area contributed by atoms with Gasteiger partial charge in [-0.15, -0.1) is 34.0 Å². The Bertz CT molecular complexity index is 3040. The highest BCUT2D eigenvalue weighted by molar-refractivity contribution is 7.13. The Morgan fingerprint density at radius 1 is 0.439 bits per heavy atom. The highest BCUT2D eigenvalue weighted by Crippen LogP contribution is 2.43. The molecule has 3 aliphatic rings. The van der Waals surface area contributed by atoms with Crippen LogP contribution in [-0.2, 0) is 12.4 Å². The van der Waals surface area contributed by atoms with Crippen LogP contribution in [0.5, 0.6) is 0 Å². The largest absolute Gasteiger partial charge is 0.430 e. The van der Waals surface area contributed by atoms with Crippen LogP contribution >= 0.6 is 34.0 Å². The molecule has 0 atom stereocenters. The van der Waals surface area contributed by atoms with Gasteiger partial charge in [-0.05, 0) is 6.92 Å². The molecular weight excluding hydrogens is 862 g/mol. The zero-order valence-electron chi connectivity index (χ0n) is 26.6. The van der Waals surface area contributed by atoms with Crippen LogP contribution in [0.4, 0.5) is 65.9 Å². The summed E-state index contributed by atoms with van der Waals surface area (Å²) in [5.74, 6) is -18.7. The molecule has 3 aromatic heterocycles. The first-order valence-corrected chi connectivity index (χ1v) is 17.0. The molecule has 0 aliphatic heterocycles. The Morgan fingerprint density at radius 2 is 0.684 bits per heavy atom. The van der Waals surface area contributed by atoms with Gasteiger partial charge in [-0.2, -0.15) is 55.3 Å². The molecule has 0 amide bonds. The Morgan fingerprint density at radius 3 is 0.877 bits per heavy atom. The molecule has 6 nitrogen and oxygen atoms in total. The number of hydrogen-bond donors (Lipinski definition) is 0. The van der Waals surface area contributed by atoms with Crippen LogP contribution < -0.4 is 31.3 Å². The summed E-state index contributed by atoms with van der Waals surface area (Å²) in [5, 5.41) is 16.7. The van der Waals surface area contributed by atoms with Gasteiger partial charge in [-0.25, -0.2) is 41.3 Å². The Balaban J connectivity index is 1.76. The number of thiazole rings is 3. The van der Waals surface area contributed by atoms with Crippen molar-refractivity contribution in [3.8, 4) is 18.2 Å². The second kappa shape index (κ2) is 13.0. The summed E-state index contributed by atoms with van der Waals surface area (Å²) in [4.78, 5) is 4.73. The summed E-state index contributed by atoms with van der Waals surface area (Å²) in [7, 11) is 0. The number of aryl methyl sites for hydroxylation is 1. The average Bonchev–Trinajstić information content (AvgIpc) is 3.95. The van der Waals surface area contributed by atoms with Gasteiger partial charge in [0.2, 0.25) is 17.8 Å². The van der Waals surface area contributed by atoms with E-state index in [-0.39, 0.29) is 4.88 Å². The van der Waals surface area contributed by atoms with Gasteiger partial charge in [0.1, 0.15) is 84.9 Å². The number of nitriles is 3. The molecule has 3 heterocycles. The van der Waals surface area contributed by atoms with Crippen molar-refractivity contribution in [3.63, 3.8) is 0 Å². The molecule has 0 unspecified atom stereocenters. The third kappa shape index (κ3) is 5.55. The van der Waals surface area contributed by atoms with Crippen molar-refractivity contribution < 1.29 is 65.9 Å². The predicted octanol–water partition coefficient (Wildman–Crippen LogP) is 6.26. The maximum atomic E-state index is 16.7. The molecule has 1 aromatic carbocycles. The summed E-state index contributed by atoms with van der Waals surface area (Å²) in [6, 6.07) is 3.53. The molecule has 0 bridgehead atoms. The Hall–Kier alpha value is -6.03. The number of fused-ring (bicyclic) bond motifs is 6.